The van der Waals surface area contributed by atoms with Crippen LogP contribution >= 0.6 is 0 Å². The summed E-state index contributed by atoms with van der Waals surface area (Å²) in [5.74, 6) is 1.16. The second kappa shape index (κ2) is 10.6. The molecule has 1 aliphatic rings. The number of rotatable bonds is 8. The molecular weight excluding hydrogens is 470 g/mol. The molecule has 1 aliphatic heterocycles. The van der Waals surface area contributed by atoms with Gasteiger partial charge in [-0.15, -0.1) is 0 Å². The Morgan fingerprint density at radius 2 is 1.80 bits per heavy atom. The SMILES string of the molecule is Cc1ccc(S(=O)(=O)N2CCOCC2)cc1NC(=O)Cc1ccc(OCc2c(C)noc2C)cc1. The topological polar surface area (TPSA) is 111 Å². The number of benzene rings is 2. The fourth-order valence-corrected chi connectivity index (χ4v) is 5.21. The molecule has 1 saturated heterocycles. The summed E-state index contributed by atoms with van der Waals surface area (Å²) in [7, 11) is -3.65. The summed E-state index contributed by atoms with van der Waals surface area (Å²) in [6, 6.07) is 12.1. The van der Waals surface area contributed by atoms with Crippen LogP contribution in [0.15, 0.2) is 51.9 Å². The number of amides is 1. The third-order valence-corrected chi connectivity index (χ3v) is 7.84. The number of aryl methyl sites for hydroxylation is 3. The van der Waals surface area contributed by atoms with Crippen LogP contribution in [0.2, 0.25) is 0 Å². The lowest BCUT2D eigenvalue weighted by Crippen LogP contribution is -2.40. The first-order valence-corrected chi connectivity index (χ1v) is 12.8. The fourth-order valence-electron chi connectivity index (χ4n) is 3.78. The summed E-state index contributed by atoms with van der Waals surface area (Å²) in [6.07, 6.45) is 0.143. The van der Waals surface area contributed by atoms with Gasteiger partial charge in [0.05, 0.1) is 35.8 Å². The lowest BCUT2D eigenvalue weighted by atomic mass is 10.1. The minimum Gasteiger partial charge on any atom is -0.489 e. The van der Waals surface area contributed by atoms with Crippen molar-refractivity contribution < 1.29 is 27.2 Å². The summed E-state index contributed by atoms with van der Waals surface area (Å²) in [5.41, 5.74) is 3.78. The van der Waals surface area contributed by atoms with E-state index in [1.807, 2.05) is 45.0 Å². The Morgan fingerprint density at radius 3 is 2.46 bits per heavy atom. The maximum atomic E-state index is 13.0. The first-order chi connectivity index (χ1) is 16.7. The van der Waals surface area contributed by atoms with Crippen molar-refractivity contribution in [2.24, 2.45) is 0 Å². The average molecular weight is 500 g/mol. The molecule has 0 spiro atoms. The molecule has 4 rings (SSSR count). The van der Waals surface area contributed by atoms with E-state index in [4.69, 9.17) is 14.0 Å². The van der Waals surface area contributed by atoms with Gasteiger partial charge in [-0.3, -0.25) is 4.79 Å². The van der Waals surface area contributed by atoms with Crippen molar-refractivity contribution in [2.45, 2.75) is 38.7 Å². The molecule has 0 radical (unpaired) electrons. The first kappa shape index (κ1) is 24.9. The zero-order valence-electron chi connectivity index (χ0n) is 20.0. The highest BCUT2D eigenvalue weighted by molar-refractivity contribution is 7.89. The van der Waals surface area contributed by atoms with Gasteiger partial charge in [0.1, 0.15) is 18.1 Å². The van der Waals surface area contributed by atoms with Crippen LogP contribution < -0.4 is 10.1 Å². The second-order valence-electron chi connectivity index (χ2n) is 8.45. The van der Waals surface area contributed by atoms with Crippen LogP contribution in [-0.2, 0) is 32.6 Å². The lowest BCUT2D eigenvalue weighted by molar-refractivity contribution is -0.115. The Morgan fingerprint density at radius 1 is 1.09 bits per heavy atom. The molecule has 1 N–H and O–H groups in total. The maximum Gasteiger partial charge on any atom is 0.243 e. The molecule has 3 aromatic rings. The third-order valence-electron chi connectivity index (χ3n) is 5.94. The summed E-state index contributed by atoms with van der Waals surface area (Å²) >= 11 is 0. The number of aromatic nitrogens is 1. The number of anilines is 1. The van der Waals surface area contributed by atoms with E-state index in [0.29, 0.717) is 44.3 Å². The summed E-state index contributed by atoms with van der Waals surface area (Å²) in [6.45, 7) is 7.26. The van der Waals surface area contributed by atoms with E-state index in [2.05, 4.69) is 10.5 Å². The third kappa shape index (κ3) is 5.90. The van der Waals surface area contributed by atoms with E-state index in [-0.39, 0.29) is 17.2 Å². The minimum atomic E-state index is -3.65. The Labute approximate surface area is 205 Å². The molecular formula is C25H29N3O6S. The van der Waals surface area contributed by atoms with Crippen molar-refractivity contribution in [3.05, 3.63) is 70.6 Å². The number of hydrogen-bond acceptors (Lipinski definition) is 7. The maximum absolute atomic E-state index is 13.0. The molecule has 35 heavy (non-hydrogen) atoms. The van der Waals surface area contributed by atoms with Crippen LogP contribution in [0, 0.1) is 20.8 Å². The zero-order valence-corrected chi connectivity index (χ0v) is 20.9. The minimum absolute atomic E-state index is 0.143. The molecule has 0 unspecified atom stereocenters. The largest absolute Gasteiger partial charge is 0.489 e. The van der Waals surface area contributed by atoms with Crippen LogP contribution in [0.5, 0.6) is 5.75 Å². The van der Waals surface area contributed by atoms with E-state index >= 15 is 0 Å². The van der Waals surface area contributed by atoms with Gasteiger partial charge in [0.2, 0.25) is 15.9 Å². The van der Waals surface area contributed by atoms with Crippen molar-refractivity contribution >= 4 is 21.6 Å². The van der Waals surface area contributed by atoms with Gasteiger partial charge >= 0.3 is 0 Å². The van der Waals surface area contributed by atoms with Crippen molar-refractivity contribution in [1.29, 1.82) is 0 Å². The van der Waals surface area contributed by atoms with Crippen LogP contribution in [0.3, 0.4) is 0 Å². The number of nitrogens with zero attached hydrogens (tertiary/aromatic N) is 2. The zero-order chi connectivity index (χ0) is 25.0. The standard InChI is InChI=1S/C25H29N3O6S/c1-17-4-9-22(35(30,31)28-10-12-32-13-11-28)15-24(17)26-25(29)14-20-5-7-21(8-6-20)33-16-23-18(2)27-34-19(23)3/h4-9,15H,10-14,16H2,1-3H3,(H,26,29). The average Bonchev–Trinajstić information content (AvgIpc) is 3.17. The Kier molecular flexibility index (Phi) is 7.54. The molecule has 1 amide bonds. The van der Waals surface area contributed by atoms with E-state index in [1.165, 1.54) is 10.4 Å². The van der Waals surface area contributed by atoms with Gasteiger partial charge in [-0.2, -0.15) is 4.31 Å². The number of ether oxygens (including phenoxy) is 2. The van der Waals surface area contributed by atoms with Gasteiger partial charge in [0, 0.05) is 18.8 Å². The predicted molar refractivity (Wildman–Crippen MR) is 130 cm³/mol. The molecule has 0 bridgehead atoms. The molecule has 1 aromatic heterocycles. The highest BCUT2D eigenvalue weighted by Gasteiger charge is 2.27. The highest BCUT2D eigenvalue weighted by atomic mass is 32.2. The van der Waals surface area contributed by atoms with Gasteiger partial charge in [0.15, 0.2) is 0 Å². The fraction of sp³-hybridized carbons (Fsp3) is 0.360. The second-order valence-corrected chi connectivity index (χ2v) is 10.4. The van der Waals surface area contributed by atoms with Gasteiger partial charge < -0.3 is 19.3 Å². The van der Waals surface area contributed by atoms with Crippen LogP contribution in [0.1, 0.15) is 28.1 Å². The number of carbonyl (C=O) groups is 1. The Balaban J connectivity index is 1.38. The van der Waals surface area contributed by atoms with Crippen molar-refractivity contribution in [1.82, 2.24) is 9.46 Å². The lowest BCUT2D eigenvalue weighted by Gasteiger charge is -2.26. The van der Waals surface area contributed by atoms with E-state index in [9.17, 15) is 13.2 Å². The quantitative estimate of drug-likeness (QED) is 0.506. The van der Waals surface area contributed by atoms with Crippen molar-refractivity contribution in [3.8, 4) is 5.75 Å². The van der Waals surface area contributed by atoms with E-state index in [0.717, 1.165) is 28.1 Å². The molecule has 0 saturated carbocycles. The van der Waals surface area contributed by atoms with Crippen LogP contribution in [-0.4, -0.2) is 50.1 Å². The molecule has 0 atom stereocenters. The molecule has 1 fully saturated rings. The molecule has 9 nitrogen and oxygen atoms in total. The first-order valence-electron chi connectivity index (χ1n) is 11.4. The van der Waals surface area contributed by atoms with Gasteiger partial charge in [-0.25, -0.2) is 8.42 Å². The summed E-state index contributed by atoms with van der Waals surface area (Å²) in [4.78, 5) is 12.9. The smallest absolute Gasteiger partial charge is 0.243 e. The van der Waals surface area contributed by atoms with Gasteiger partial charge in [-0.1, -0.05) is 23.4 Å². The number of sulfonamides is 1. The summed E-state index contributed by atoms with van der Waals surface area (Å²) < 4.78 is 43.5. The Hall–Kier alpha value is -3.21. The normalized spacial score (nSPS) is 14.6. The molecule has 2 heterocycles. The van der Waals surface area contributed by atoms with Crippen LogP contribution in [0.25, 0.3) is 0 Å². The highest BCUT2D eigenvalue weighted by Crippen LogP contribution is 2.24. The Bertz CT molecular complexity index is 1280. The summed E-state index contributed by atoms with van der Waals surface area (Å²) in [5, 5.41) is 6.77. The number of nitrogens with one attached hydrogen (secondary N) is 1. The number of hydrogen-bond donors (Lipinski definition) is 1. The number of morpholine rings is 1. The van der Waals surface area contributed by atoms with Crippen molar-refractivity contribution in [3.63, 3.8) is 0 Å². The molecule has 186 valence electrons. The predicted octanol–water partition coefficient (Wildman–Crippen LogP) is 3.38. The van der Waals surface area contributed by atoms with E-state index in [1.54, 1.807) is 12.1 Å². The number of carbonyl (C=O) groups excluding carboxylic acids is 1. The molecule has 0 aliphatic carbocycles. The van der Waals surface area contributed by atoms with Gasteiger partial charge in [0.25, 0.3) is 0 Å². The molecule has 2 aromatic carbocycles. The monoisotopic (exact) mass is 499 g/mol. The van der Waals surface area contributed by atoms with Crippen molar-refractivity contribution in [2.75, 3.05) is 31.6 Å². The van der Waals surface area contributed by atoms with Crippen LogP contribution in [0.4, 0.5) is 5.69 Å². The van der Waals surface area contributed by atoms with E-state index < -0.39 is 10.0 Å². The van der Waals surface area contributed by atoms with Gasteiger partial charge in [-0.05, 0) is 56.2 Å². The molecule has 10 heteroatoms.